The quantitative estimate of drug-likeness (QED) is 0.818. The largest absolute Gasteiger partial charge is 0.487 e. The molecule has 18 heavy (non-hydrogen) atoms. The predicted molar refractivity (Wildman–Crippen MR) is 73.7 cm³/mol. The van der Waals surface area contributed by atoms with Crippen molar-refractivity contribution in [2.45, 2.75) is 57.6 Å². The van der Waals surface area contributed by atoms with E-state index in [1.54, 1.807) is 0 Å². The summed E-state index contributed by atoms with van der Waals surface area (Å²) in [5, 5.41) is 0. The van der Waals surface area contributed by atoms with E-state index >= 15 is 0 Å². The second-order valence-electron chi connectivity index (χ2n) is 6.02. The summed E-state index contributed by atoms with van der Waals surface area (Å²) in [6, 6.07) is 6.56. The molecule has 1 saturated carbocycles. The van der Waals surface area contributed by atoms with Crippen molar-refractivity contribution in [2.24, 2.45) is 11.7 Å². The smallest absolute Gasteiger partial charge is 0.124 e. The lowest BCUT2D eigenvalue weighted by atomic mass is 9.79. The Morgan fingerprint density at radius 1 is 1.44 bits per heavy atom. The maximum absolute atomic E-state index is 6.43. The lowest BCUT2D eigenvalue weighted by molar-refractivity contribution is -0.000972. The standard InChI is InChI=1S/C16H23NO/c1-3-12-5-4-8-16(12)10-14(17)13-9-11(2)6-7-15(13)18-16/h6-7,9,12,14H,3-5,8,10,17H2,1-2H3. The molecule has 2 aliphatic rings. The highest BCUT2D eigenvalue weighted by Gasteiger charge is 2.48. The fourth-order valence-electron chi connectivity index (χ4n) is 3.89. The van der Waals surface area contributed by atoms with Gasteiger partial charge in [-0.3, -0.25) is 0 Å². The van der Waals surface area contributed by atoms with Gasteiger partial charge >= 0.3 is 0 Å². The molecule has 0 amide bonds. The minimum absolute atomic E-state index is 0.0242. The van der Waals surface area contributed by atoms with E-state index in [-0.39, 0.29) is 11.6 Å². The van der Waals surface area contributed by atoms with E-state index < -0.39 is 0 Å². The summed E-state index contributed by atoms with van der Waals surface area (Å²) in [5.41, 5.74) is 8.89. The molecule has 98 valence electrons. The fourth-order valence-corrected chi connectivity index (χ4v) is 3.89. The molecule has 1 aliphatic heterocycles. The van der Waals surface area contributed by atoms with Gasteiger partial charge in [0.2, 0.25) is 0 Å². The molecule has 3 rings (SSSR count). The fraction of sp³-hybridized carbons (Fsp3) is 0.625. The van der Waals surface area contributed by atoms with E-state index in [9.17, 15) is 0 Å². The predicted octanol–water partition coefficient (Wildman–Crippen LogP) is 3.73. The van der Waals surface area contributed by atoms with Crippen LogP contribution in [0.2, 0.25) is 0 Å². The molecule has 1 spiro atoms. The van der Waals surface area contributed by atoms with Crippen LogP contribution in [0.5, 0.6) is 5.75 Å². The van der Waals surface area contributed by atoms with Crippen molar-refractivity contribution in [1.29, 1.82) is 0 Å². The molecule has 0 radical (unpaired) electrons. The van der Waals surface area contributed by atoms with E-state index in [1.807, 2.05) is 0 Å². The Balaban J connectivity index is 1.98. The second kappa shape index (κ2) is 4.27. The summed E-state index contributed by atoms with van der Waals surface area (Å²) in [4.78, 5) is 0. The third-order valence-corrected chi connectivity index (χ3v) is 4.83. The number of aryl methyl sites for hydroxylation is 1. The van der Waals surface area contributed by atoms with Crippen molar-refractivity contribution in [1.82, 2.24) is 0 Å². The van der Waals surface area contributed by atoms with Crippen LogP contribution in [0, 0.1) is 12.8 Å². The zero-order valence-corrected chi connectivity index (χ0v) is 11.4. The summed E-state index contributed by atoms with van der Waals surface area (Å²) < 4.78 is 6.43. The first-order chi connectivity index (χ1) is 8.64. The zero-order valence-electron chi connectivity index (χ0n) is 11.4. The molecule has 1 aliphatic carbocycles. The van der Waals surface area contributed by atoms with Crippen molar-refractivity contribution in [3.8, 4) is 5.75 Å². The van der Waals surface area contributed by atoms with Gasteiger partial charge in [-0.05, 0) is 44.6 Å². The number of rotatable bonds is 1. The molecule has 2 heteroatoms. The minimum atomic E-state index is 0.0242. The van der Waals surface area contributed by atoms with Crippen LogP contribution in [-0.4, -0.2) is 5.60 Å². The number of hydrogen-bond donors (Lipinski definition) is 1. The molecule has 2 nitrogen and oxygen atoms in total. The van der Waals surface area contributed by atoms with Gasteiger partial charge in [0.05, 0.1) is 0 Å². The van der Waals surface area contributed by atoms with Crippen LogP contribution in [0.15, 0.2) is 18.2 Å². The van der Waals surface area contributed by atoms with Gasteiger partial charge in [-0.25, -0.2) is 0 Å². The van der Waals surface area contributed by atoms with Crippen LogP contribution in [-0.2, 0) is 0 Å². The first-order valence-electron chi connectivity index (χ1n) is 7.20. The summed E-state index contributed by atoms with van der Waals surface area (Å²) in [6.07, 6.45) is 5.94. The van der Waals surface area contributed by atoms with E-state index in [0.717, 1.165) is 12.2 Å². The Morgan fingerprint density at radius 2 is 2.28 bits per heavy atom. The maximum atomic E-state index is 6.43. The molecule has 1 fully saturated rings. The maximum Gasteiger partial charge on any atom is 0.124 e. The van der Waals surface area contributed by atoms with Crippen molar-refractivity contribution in [3.63, 3.8) is 0 Å². The molecule has 2 N–H and O–H groups in total. The van der Waals surface area contributed by atoms with E-state index in [4.69, 9.17) is 10.5 Å². The van der Waals surface area contributed by atoms with Gasteiger partial charge in [-0.15, -0.1) is 0 Å². The first kappa shape index (κ1) is 12.0. The normalized spacial score (nSPS) is 34.4. The number of ether oxygens (including phenoxy) is 1. The Bertz CT molecular complexity index is 456. The number of benzene rings is 1. The van der Waals surface area contributed by atoms with Gasteiger partial charge in [-0.2, -0.15) is 0 Å². The number of hydrogen-bond acceptors (Lipinski definition) is 2. The molecule has 1 aromatic carbocycles. The van der Waals surface area contributed by atoms with Crippen LogP contribution in [0.3, 0.4) is 0 Å². The zero-order chi connectivity index (χ0) is 12.8. The van der Waals surface area contributed by atoms with Crippen LogP contribution in [0.1, 0.15) is 56.2 Å². The van der Waals surface area contributed by atoms with Gasteiger partial charge in [0.25, 0.3) is 0 Å². The second-order valence-corrected chi connectivity index (χ2v) is 6.02. The van der Waals surface area contributed by atoms with Gasteiger partial charge in [0.1, 0.15) is 11.4 Å². The van der Waals surface area contributed by atoms with Gasteiger partial charge in [0, 0.05) is 18.0 Å². The molecule has 0 bridgehead atoms. The average Bonchev–Trinajstić information content (AvgIpc) is 2.72. The van der Waals surface area contributed by atoms with Crippen LogP contribution in [0.25, 0.3) is 0 Å². The summed E-state index contributed by atoms with van der Waals surface area (Å²) in [7, 11) is 0. The SMILES string of the molecule is CCC1CCCC12CC(N)c1cc(C)ccc1O2. The Kier molecular flexibility index (Phi) is 2.86. The summed E-state index contributed by atoms with van der Waals surface area (Å²) in [6.45, 7) is 4.39. The van der Waals surface area contributed by atoms with Gasteiger partial charge in [0.15, 0.2) is 0 Å². The van der Waals surface area contributed by atoms with E-state index in [2.05, 4.69) is 32.0 Å². The third kappa shape index (κ3) is 1.74. The highest BCUT2D eigenvalue weighted by atomic mass is 16.5. The molecule has 1 heterocycles. The summed E-state index contributed by atoms with van der Waals surface area (Å²) in [5.74, 6) is 1.71. The highest BCUT2D eigenvalue weighted by molar-refractivity contribution is 5.41. The molecule has 1 aromatic rings. The minimum Gasteiger partial charge on any atom is -0.487 e. The van der Waals surface area contributed by atoms with Crippen LogP contribution >= 0.6 is 0 Å². The monoisotopic (exact) mass is 245 g/mol. The van der Waals surface area contributed by atoms with E-state index in [1.165, 1.54) is 36.8 Å². The molecule has 3 atom stereocenters. The lowest BCUT2D eigenvalue weighted by Crippen LogP contribution is -2.45. The highest BCUT2D eigenvalue weighted by Crippen LogP contribution is 2.50. The van der Waals surface area contributed by atoms with Crippen molar-refractivity contribution >= 4 is 0 Å². The molecule has 3 unspecified atom stereocenters. The van der Waals surface area contributed by atoms with Crippen molar-refractivity contribution < 1.29 is 4.74 Å². The Morgan fingerprint density at radius 3 is 3.06 bits per heavy atom. The number of nitrogens with two attached hydrogens (primary N) is 1. The first-order valence-corrected chi connectivity index (χ1v) is 7.20. The van der Waals surface area contributed by atoms with Crippen LogP contribution in [0.4, 0.5) is 0 Å². The molecular formula is C16H23NO. The topological polar surface area (TPSA) is 35.2 Å². The lowest BCUT2D eigenvalue weighted by Gasteiger charge is -2.42. The van der Waals surface area contributed by atoms with E-state index in [0.29, 0.717) is 5.92 Å². The van der Waals surface area contributed by atoms with Gasteiger partial charge < -0.3 is 10.5 Å². The Labute approximate surface area is 110 Å². The average molecular weight is 245 g/mol. The van der Waals surface area contributed by atoms with Gasteiger partial charge in [-0.1, -0.05) is 24.6 Å². The molecule has 0 saturated heterocycles. The van der Waals surface area contributed by atoms with Crippen LogP contribution < -0.4 is 10.5 Å². The molecular weight excluding hydrogens is 222 g/mol. The van der Waals surface area contributed by atoms with Crippen molar-refractivity contribution in [3.05, 3.63) is 29.3 Å². The summed E-state index contributed by atoms with van der Waals surface area (Å²) >= 11 is 0. The Hall–Kier alpha value is -1.02. The molecule has 0 aromatic heterocycles. The third-order valence-electron chi connectivity index (χ3n) is 4.83. The van der Waals surface area contributed by atoms with Crippen molar-refractivity contribution in [2.75, 3.05) is 0 Å². The number of fused-ring (bicyclic) bond motifs is 1.